The molecule has 2 aromatic heterocycles. The smallest absolute Gasteiger partial charge is 0.410 e. The Bertz CT molecular complexity index is 807. The first-order valence-electron chi connectivity index (χ1n) is 7.56. The number of ether oxygens (including phenoxy) is 2. The zero-order chi connectivity index (χ0) is 16.7. The molecule has 2 amide bonds. The largest absolute Gasteiger partial charge is 0.467 e. The number of likely N-dealkylation sites (tertiary alicyclic amines) is 1. The zero-order valence-electron chi connectivity index (χ0n) is 13.1. The van der Waals surface area contributed by atoms with Gasteiger partial charge in [0.15, 0.2) is 17.9 Å². The van der Waals surface area contributed by atoms with Crippen molar-refractivity contribution >= 4 is 17.6 Å². The van der Waals surface area contributed by atoms with Crippen molar-refractivity contribution in [2.24, 2.45) is 0 Å². The van der Waals surface area contributed by atoms with Crippen LogP contribution in [0.25, 0.3) is 5.65 Å². The van der Waals surface area contributed by atoms with Gasteiger partial charge in [0.25, 0.3) is 5.91 Å². The summed E-state index contributed by atoms with van der Waals surface area (Å²) in [5, 5.41) is 11.7. The topological polar surface area (TPSA) is 102 Å². The van der Waals surface area contributed by atoms with Crippen molar-refractivity contribution in [1.82, 2.24) is 29.6 Å². The quantitative estimate of drug-likeness (QED) is 0.750. The first-order valence-corrected chi connectivity index (χ1v) is 7.56. The molecule has 0 aliphatic carbocycles. The fourth-order valence-corrected chi connectivity index (χ4v) is 3.08. The number of nitrogens with zero attached hydrogens (tertiary/aromatic N) is 6. The Hall–Kier alpha value is -2.91. The highest BCUT2D eigenvalue weighted by molar-refractivity contribution is 5.78. The van der Waals surface area contributed by atoms with Gasteiger partial charge in [0.1, 0.15) is 6.33 Å². The molecule has 0 aromatic carbocycles. The molecule has 0 N–H and O–H groups in total. The molecule has 10 heteroatoms. The zero-order valence-corrected chi connectivity index (χ0v) is 13.1. The van der Waals surface area contributed by atoms with Crippen LogP contribution in [0.1, 0.15) is 6.42 Å². The molecular formula is C14H16N6O4. The standard InChI is InChI=1S/C14H16N6O4/c1-18-7-14(24-13(18)22)4-5-19(8-14)12(21)6-23-11-3-2-10-16-15-9-20(10)17-11/h2-3,9H,4-8H2,1H3/t14-/m0/s1. The van der Waals surface area contributed by atoms with E-state index in [1.807, 2.05) is 0 Å². The minimum Gasteiger partial charge on any atom is -0.467 e. The van der Waals surface area contributed by atoms with E-state index >= 15 is 0 Å². The average Bonchev–Trinajstić information content (AvgIpc) is 3.25. The van der Waals surface area contributed by atoms with Crippen LogP contribution in [0.5, 0.6) is 5.88 Å². The summed E-state index contributed by atoms with van der Waals surface area (Å²) in [5.74, 6) is 0.153. The van der Waals surface area contributed by atoms with Gasteiger partial charge in [-0.25, -0.2) is 4.79 Å². The SMILES string of the molecule is CN1C[C@]2(CCN(C(=O)COc3ccc4nncn4n3)C2)OC1=O. The monoisotopic (exact) mass is 332 g/mol. The number of amides is 2. The van der Waals surface area contributed by atoms with E-state index in [1.165, 1.54) is 15.7 Å². The summed E-state index contributed by atoms with van der Waals surface area (Å²) in [5.41, 5.74) is 0.0172. The fourth-order valence-electron chi connectivity index (χ4n) is 3.08. The molecule has 1 spiro atoms. The summed E-state index contributed by atoms with van der Waals surface area (Å²) in [6, 6.07) is 3.34. The van der Waals surface area contributed by atoms with E-state index in [1.54, 1.807) is 24.1 Å². The van der Waals surface area contributed by atoms with Gasteiger partial charge >= 0.3 is 6.09 Å². The van der Waals surface area contributed by atoms with E-state index in [4.69, 9.17) is 9.47 Å². The second-order valence-electron chi connectivity index (χ2n) is 6.07. The fraction of sp³-hybridized carbons (Fsp3) is 0.500. The molecule has 2 saturated heterocycles. The lowest BCUT2D eigenvalue weighted by Crippen LogP contribution is -2.40. The second kappa shape index (κ2) is 5.32. The summed E-state index contributed by atoms with van der Waals surface area (Å²) in [6.45, 7) is 1.31. The van der Waals surface area contributed by atoms with Gasteiger partial charge in [-0.05, 0) is 6.07 Å². The Balaban J connectivity index is 1.36. The summed E-state index contributed by atoms with van der Waals surface area (Å²) >= 11 is 0. The lowest BCUT2D eigenvalue weighted by atomic mass is 10.0. The minimum absolute atomic E-state index is 0.125. The number of fused-ring (bicyclic) bond motifs is 1. The van der Waals surface area contributed by atoms with Gasteiger partial charge < -0.3 is 19.3 Å². The number of carbonyl (C=O) groups is 2. The van der Waals surface area contributed by atoms with Crippen molar-refractivity contribution in [3.05, 3.63) is 18.5 Å². The van der Waals surface area contributed by atoms with Crippen LogP contribution in [0.3, 0.4) is 0 Å². The van der Waals surface area contributed by atoms with Gasteiger partial charge in [-0.2, -0.15) is 4.52 Å². The van der Waals surface area contributed by atoms with Crippen molar-refractivity contribution in [2.45, 2.75) is 12.0 Å². The molecule has 4 rings (SSSR count). The highest BCUT2D eigenvalue weighted by atomic mass is 16.6. The molecule has 10 nitrogen and oxygen atoms in total. The maximum Gasteiger partial charge on any atom is 0.410 e. The summed E-state index contributed by atoms with van der Waals surface area (Å²) in [4.78, 5) is 27.1. The Labute approximate surface area is 136 Å². The van der Waals surface area contributed by atoms with Crippen LogP contribution < -0.4 is 4.74 Å². The van der Waals surface area contributed by atoms with Gasteiger partial charge in [0.05, 0.1) is 13.1 Å². The van der Waals surface area contributed by atoms with Gasteiger partial charge in [-0.15, -0.1) is 15.3 Å². The van der Waals surface area contributed by atoms with E-state index in [9.17, 15) is 9.59 Å². The Morgan fingerprint density at radius 3 is 3.08 bits per heavy atom. The van der Waals surface area contributed by atoms with Crippen LogP contribution in [0, 0.1) is 0 Å². The molecule has 2 aliphatic heterocycles. The lowest BCUT2D eigenvalue weighted by Gasteiger charge is -2.21. The van der Waals surface area contributed by atoms with E-state index in [-0.39, 0.29) is 18.6 Å². The molecule has 2 fully saturated rings. The number of hydrogen-bond donors (Lipinski definition) is 0. The lowest BCUT2D eigenvalue weighted by molar-refractivity contribution is -0.133. The van der Waals surface area contributed by atoms with E-state index in [2.05, 4.69) is 15.3 Å². The number of rotatable bonds is 3. The third-order valence-electron chi connectivity index (χ3n) is 4.29. The van der Waals surface area contributed by atoms with E-state index in [0.717, 1.165) is 0 Å². The van der Waals surface area contributed by atoms with Crippen LogP contribution in [0.2, 0.25) is 0 Å². The van der Waals surface area contributed by atoms with Gasteiger partial charge in [-0.1, -0.05) is 0 Å². The summed E-state index contributed by atoms with van der Waals surface area (Å²) in [6.07, 6.45) is 1.76. The molecule has 126 valence electrons. The highest BCUT2D eigenvalue weighted by Crippen LogP contribution is 2.31. The van der Waals surface area contributed by atoms with E-state index in [0.29, 0.717) is 37.6 Å². The minimum atomic E-state index is -0.582. The molecule has 24 heavy (non-hydrogen) atoms. The normalized spacial score (nSPS) is 23.3. The molecular weight excluding hydrogens is 316 g/mol. The van der Waals surface area contributed by atoms with Crippen molar-refractivity contribution < 1.29 is 19.1 Å². The average molecular weight is 332 g/mol. The van der Waals surface area contributed by atoms with Crippen molar-refractivity contribution in [3.63, 3.8) is 0 Å². The summed E-state index contributed by atoms with van der Waals surface area (Å²) in [7, 11) is 1.69. The predicted octanol–water partition coefficient (Wildman–Crippen LogP) is -0.444. The third kappa shape index (κ3) is 2.49. The van der Waals surface area contributed by atoms with Gasteiger partial charge in [0.2, 0.25) is 5.88 Å². The predicted molar refractivity (Wildman–Crippen MR) is 79.3 cm³/mol. The van der Waals surface area contributed by atoms with Crippen LogP contribution in [-0.2, 0) is 9.53 Å². The first-order chi connectivity index (χ1) is 11.5. The number of carbonyl (C=O) groups excluding carboxylic acids is 2. The van der Waals surface area contributed by atoms with Crippen LogP contribution in [0.15, 0.2) is 18.5 Å². The highest BCUT2D eigenvalue weighted by Gasteiger charge is 2.49. The van der Waals surface area contributed by atoms with Crippen molar-refractivity contribution in [2.75, 3.05) is 33.3 Å². The van der Waals surface area contributed by atoms with Crippen molar-refractivity contribution in [3.8, 4) is 5.88 Å². The molecule has 0 unspecified atom stereocenters. The molecule has 0 radical (unpaired) electrons. The maximum absolute atomic E-state index is 12.3. The third-order valence-corrected chi connectivity index (χ3v) is 4.29. The number of likely N-dealkylation sites (N-methyl/N-ethyl adjacent to an activating group) is 1. The van der Waals surface area contributed by atoms with E-state index < -0.39 is 5.60 Å². The van der Waals surface area contributed by atoms with Crippen LogP contribution in [0.4, 0.5) is 4.79 Å². The Morgan fingerprint density at radius 2 is 2.29 bits per heavy atom. The molecule has 4 heterocycles. The first kappa shape index (κ1) is 14.7. The number of aromatic nitrogens is 4. The molecule has 1 atom stereocenters. The molecule has 0 bridgehead atoms. The van der Waals surface area contributed by atoms with Gasteiger partial charge in [-0.3, -0.25) is 4.79 Å². The van der Waals surface area contributed by atoms with Crippen LogP contribution >= 0.6 is 0 Å². The molecule has 2 aromatic rings. The maximum atomic E-state index is 12.3. The number of hydrogen-bond acceptors (Lipinski definition) is 7. The van der Waals surface area contributed by atoms with Crippen molar-refractivity contribution in [1.29, 1.82) is 0 Å². The van der Waals surface area contributed by atoms with Crippen LogP contribution in [-0.4, -0.2) is 80.5 Å². The second-order valence-corrected chi connectivity index (χ2v) is 6.07. The Kier molecular flexibility index (Phi) is 3.25. The molecule has 0 saturated carbocycles. The Morgan fingerprint density at radius 1 is 1.42 bits per heavy atom. The van der Waals surface area contributed by atoms with Gasteiger partial charge in [0, 0.05) is 26.1 Å². The molecule has 2 aliphatic rings. The summed E-state index contributed by atoms with van der Waals surface area (Å²) < 4.78 is 12.4.